The van der Waals surface area contributed by atoms with E-state index in [0.717, 1.165) is 5.56 Å². The highest BCUT2D eigenvalue weighted by atomic mass is 35.5. The van der Waals surface area contributed by atoms with Crippen LogP contribution in [0.25, 0.3) is 0 Å². The zero-order valence-corrected chi connectivity index (χ0v) is 11.1. The second-order valence-corrected chi connectivity index (χ2v) is 4.45. The molecule has 0 fully saturated rings. The third-order valence-electron chi connectivity index (χ3n) is 2.50. The molecule has 1 aromatic heterocycles. The van der Waals surface area contributed by atoms with Gasteiger partial charge in [0.15, 0.2) is 0 Å². The Kier molecular flexibility index (Phi) is 4.29. The van der Waals surface area contributed by atoms with E-state index >= 15 is 0 Å². The van der Waals surface area contributed by atoms with Gasteiger partial charge in [0.05, 0.1) is 12.3 Å². The minimum absolute atomic E-state index is 0.347. The molecule has 0 aliphatic rings. The lowest BCUT2D eigenvalue weighted by Gasteiger charge is -2.07. The number of nitrogen functional groups attached to an aromatic ring is 1. The van der Waals surface area contributed by atoms with Gasteiger partial charge in [0, 0.05) is 24.6 Å². The van der Waals surface area contributed by atoms with Crippen molar-refractivity contribution >= 4 is 17.4 Å². The molecular weight excluding hydrogens is 269 g/mol. The second-order valence-electron chi connectivity index (χ2n) is 4.05. The highest BCUT2D eigenvalue weighted by Gasteiger charge is 2.08. The summed E-state index contributed by atoms with van der Waals surface area (Å²) in [6.07, 6.45) is 0.390. The van der Waals surface area contributed by atoms with Crippen molar-refractivity contribution < 1.29 is 9.13 Å². The number of ether oxygens (including phenoxy) is 1. The van der Waals surface area contributed by atoms with E-state index in [1.54, 1.807) is 19.2 Å². The molecule has 1 aromatic carbocycles. The van der Waals surface area contributed by atoms with Crippen LogP contribution in [0.5, 0.6) is 0 Å². The summed E-state index contributed by atoms with van der Waals surface area (Å²) in [5, 5.41) is 0.347. The van der Waals surface area contributed by atoms with Crippen molar-refractivity contribution in [3.63, 3.8) is 0 Å². The van der Waals surface area contributed by atoms with Gasteiger partial charge >= 0.3 is 0 Å². The summed E-state index contributed by atoms with van der Waals surface area (Å²) >= 11 is 5.97. The largest absolute Gasteiger partial charge is 0.384 e. The normalized spacial score (nSPS) is 10.7. The fourth-order valence-corrected chi connectivity index (χ4v) is 1.95. The second kappa shape index (κ2) is 5.95. The number of nitrogens with zero attached hydrogens (tertiary/aromatic N) is 2. The molecular formula is C13H13ClFN3O. The van der Waals surface area contributed by atoms with Crippen molar-refractivity contribution in [3.8, 4) is 0 Å². The lowest BCUT2D eigenvalue weighted by Crippen LogP contribution is -2.05. The number of hydrogen-bond acceptors (Lipinski definition) is 4. The lowest BCUT2D eigenvalue weighted by molar-refractivity contribution is 0.181. The minimum Gasteiger partial charge on any atom is -0.384 e. The first-order valence-electron chi connectivity index (χ1n) is 5.63. The number of aromatic nitrogens is 2. The molecule has 0 unspecified atom stereocenters. The average molecular weight is 282 g/mol. The molecule has 0 aliphatic heterocycles. The molecule has 0 radical (unpaired) electrons. The van der Waals surface area contributed by atoms with Gasteiger partial charge in [-0.2, -0.15) is 0 Å². The Hall–Kier alpha value is -1.72. The molecule has 2 N–H and O–H groups in total. The van der Waals surface area contributed by atoms with Crippen LogP contribution in [-0.2, 0) is 17.8 Å². The zero-order chi connectivity index (χ0) is 13.8. The number of methoxy groups -OCH3 is 1. The van der Waals surface area contributed by atoms with Crippen molar-refractivity contribution in [3.05, 3.63) is 52.2 Å². The van der Waals surface area contributed by atoms with Crippen LogP contribution in [0.1, 0.15) is 17.1 Å². The smallest absolute Gasteiger partial charge is 0.135 e. The molecule has 0 aliphatic carbocycles. The predicted octanol–water partition coefficient (Wildman–Crippen LogP) is 2.59. The first-order valence-corrected chi connectivity index (χ1v) is 6.01. The molecule has 0 saturated carbocycles. The van der Waals surface area contributed by atoms with E-state index < -0.39 is 0 Å². The Morgan fingerprint density at radius 1 is 1.32 bits per heavy atom. The molecule has 19 heavy (non-hydrogen) atoms. The van der Waals surface area contributed by atoms with E-state index in [4.69, 9.17) is 22.1 Å². The van der Waals surface area contributed by atoms with E-state index in [1.807, 2.05) is 0 Å². The number of halogens is 2. The summed E-state index contributed by atoms with van der Waals surface area (Å²) in [6, 6.07) is 5.88. The molecule has 0 spiro atoms. The van der Waals surface area contributed by atoms with Crippen molar-refractivity contribution in [2.75, 3.05) is 12.8 Å². The molecule has 0 atom stereocenters. The van der Waals surface area contributed by atoms with Gasteiger partial charge in [0.1, 0.15) is 17.5 Å². The SMILES string of the molecule is COCc1cc(N)nc(Cc2ccc(F)cc2Cl)n1. The Labute approximate surface area is 115 Å². The van der Waals surface area contributed by atoms with Crippen LogP contribution in [0, 0.1) is 5.82 Å². The molecule has 0 amide bonds. The van der Waals surface area contributed by atoms with Gasteiger partial charge in [-0.1, -0.05) is 17.7 Å². The third kappa shape index (κ3) is 3.62. The molecule has 2 rings (SSSR count). The van der Waals surface area contributed by atoms with E-state index in [2.05, 4.69) is 9.97 Å². The molecule has 4 nitrogen and oxygen atoms in total. The number of nitrogens with two attached hydrogens (primary N) is 1. The topological polar surface area (TPSA) is 61.0 Å². The van der Waals surface area contributed by atoms with Gasteiger partial charge in [-0.05, 0) is 17.7 Å². The first-order chi connectivity index (χ1) is 9.08. The van der Waals surface area contributed by atoms with Gasteiger partial charge < -0.3 is 10.5 Å². The number of anilines is 1. The fourth-order valence-electron chi connectivity index (χ4n) is 1.71. The third-order valence-corrected chi connectivity index (χ3v) is 2.85. The van der Waals surface area contributed by atoms with Gasteiger partial charge in [-0.25, -0.2) is 14.4 Å². The van der Waals surface area contributed by atoms with Crippen LogP contribution >= 0.6 is 11.6 Å². The van der Waals surface area contributed by atoms with E-state index in [9.17, 15) is 4.39 Å². The molecule has 100 valence electrons. The Balaban J connectivity index is 2.27. The lowest BCUT2D eigenvalue weighted by atomic mass is 10.1. The quantitative estimate of drug-likeness (QED) is 0.936. The van der Waals surface area contributed by atoms with E-state index in [0.29, 0.717) is 35.4 Å². The van der Waals surface area contributed by atoms with E-state index in [-0.39, 0.29) is 5.82 Å². The summed E-state index contributed by atoms with van der Waals surface area (Å²) in [7, 11) is 1.58. The van der Waals surface area contributed by atoms with Crippen LogP contribution < -0.4 is 5.73 Å². The maximum absolute atomic E-state index is 13.0. The summed E-state index contributed by atoms with van der Waals surface area (Å²) in [5.41, 5.74) is 7.15. The maximum Gasteiger partial charge on any atom is 0.135 e. The Bertz CT molecular complexity index is 592. The Morgan fingerprint density at radius 2 is 2.11 bits per heavy atom. The number of rotatable bonds is 4. The molecule has 0 saturated heterocycles. The molecule has 0 bridgehead atoms. The monoisotopic (exact) mass is 281 g/mol. The van der Waals surface area contributed by atoms with E-state index in [1.165, 1.54) is 12.1 Å². The Morgan fingerprint density at radius 3 is 2.79 bits per heavy atom. The predicted molar refractivity (Wildman–Crippen MR) is 71.4 cm³/mol. The van der Waals surface area contributed by atoms with Crippen LogP contribution in [0.4, 0.5) is 10.2 Å². The van der Waals surface area contributed by atoms with Crippen molar-refractivity contribution in [1.82, 2.24) is 9.97 Å². The number of hydrogen-bond donors (Lipinski definition) is 1. The molecule has 1 heterocycles. The van der Waals surface area contributed by atoms with Crippen LogP contribution in [0.3, 0.4) is 0 Å². The highest BCUT2D eigenvalue weighted by Crippen LogP contribution is 2.20. The van der Waals surface area contributed by atoms with Crippen molar-refractivity contribution in [2.45, 2.75) is 13.0 Å². The van der Waals surface area contributed by atoms with Crippen molar-refractivity contribution in [1.29, 1.82) is 0 Å². The summed E-state index contributed by atoms with van der Waals surface area (Å²) in [4.78, 5) is 8.45. The number of benzene rings is 1. The van der Waals surface area contributed by atoms with Crippen LogP contribution in [0.2, 0.25) is 5.02 Å². The minimum atomic E-state index is -0.373. The van der Waals surface area contributed by atoms with Crippen LogP contribution in [-0.4, -0.2) is 17.1 Å². The van der Waals surface area contributed by atoms with Gasteiger partial charge in [0.25, 0.3) is 0 Å². The first kappa shape index (κ1) is 13.7. The maximum atomic E-state index is 13.0. The van der Waals surface area contributed by atoms with Crippen molar-refractivity contribution in [2.24, 2.45) is 0 Å². The fraction of sp³-hybridized carbons (Fsp3) is 0.231. The van der Waals surface area contributed by atoms with Gasteiger partial charge in [0.2, 0.25) is 0 Å². The zero-order valence-electron chi connectivity index (χ0n) is 10.4. The standard InChI is InChI=1S/C13H13ClFN3O/c1-19-7-10-6-12(16)18-13(17-10)4-8-2-3-9(15)5-11(8)14/h2-3,5-6H,4,7H2,1H3,(H2,16,17,18). The summed E-state index contributed by atoms with van der Waals surface area (Å²) < 4.78 is 18.0. The molecule has 6 heteroatoms. The average Bonchev–Trinajstić information content (AvgIpc) is 2.32. The van der Waals surface area contributed by atoms with Crippen LogP contribution in [0.15, 0.2) is 24.3 Å². The van der Waals surface area contributed by atoms with Gasteiger partial charge in [-0.15, -0.1) is 0 Å². The molecule has 2 aromatic rings. The highest BCUT2D eigenvalue weighted by molar-refractivity contribution is 6.31. The van der Waals surface area contributed by atoms with Gasteiger partial charge in [-0.3, -0.25) is 0 Å². The summed E-state index contributed by atoms with van der Waals surface area (Å²) in [5.74, 6) is 0.526. The summed E-state index contributed by atoms with van der Waals surface area (Å²) in [6.45, 7) is 0.358.